The van der Waals surface area contributed by atoms with Gasteiger partial charge in [0.25, 0.3) is 0 Å². The maximum absolute atomic E-state index is 11.9. The number of fused-ring (bicyclic) bond motifs is 3. The summed E-state index contributed by atoms with van der Waals surface area (Å²) in [6, 6.07) is 22.9. The number of esters is 1. The van der Waals surface area contributed by atoms with Gasteiger partial charge in [0.15, 0.2) is 5.82 Å². The number of allylic oxidation sites excluding steroid dienone is 2. The van der Waals surface area contributed by atoms with Crippen molar-refractivity contribution < 1.29 is 14.3 Å². The molecule has 1 aliphatic rings. The van der Waals surface area contributed by atoms with Crippen molar-refractivity contribution in [1.82, 2.24) is 40.8 Å². The van der Waals surface area contributed by atoms with Gasteiger partial charge in [-0.1, -0.05) is 144 Å². The third-order valence-corrected chi connectivity index (χ3v) is 15.3. The molecule has 0 spiro atoms. The van der Waals surface area contributed by atoms with Crippen molar-refractivity contribution in [2.75, 3.05) is 6.61 Å². The molecule has 1 aliphatic carbocycles. The fraction of sp³-hybridized carbons (Fsp3) is 0.411. The van der Waals surface area contributed by atoms with Crippen molar-refractivity contribution in [3.05, 3.63) is 128 Å². The Bertz CT molecular complexity index is 2610. The zero-order valence-electron chi connectivity index (χ0n) is 40.4. The molecule has 4 aromatic heterocycles. The van der Waals surface area contributed by atoms with E-state index in [1.807, 2.05) is 12.2 Å². The molecule has 0 bridgehead atoms. The summed E-state index contributed by atoms with van der Waals surface area (Å²) < 4.78 is 11.1. The van der Waals surface area contributed by atoms with E-state index in [0.717, 1.165) is 72.4 Å². The van der Waals surface area contributed by atoms with Gasteiger partial charge in [0, 0.05) is 33.9 Å². The first kappa shape index (κ1) is 50.8. The van der Waals surface area contributed by atoms with Gasteiger partial charge in [-0.05, 0) is 108 Å². The molecule has 0 unspecified atom stereocenters. The molecule has 0 atom stereocenters. The van der Waals surface area contributed by atoms with Crippen LogP contribution in [0, 0.1) is 5.92 Å². The molecule has 2 aromatic carbocycles. The lowest BCUT2D eigenvalue weighted by Crippen LogP contribution is -2.25. The highest BCUT2D eigenvalue weighted by atomic mass is 32.1. The van der Waals surface area contributed by atoms with Gasteiger partial charge in [-0.25, -0.2) is 0 Å². The number of hydrogen-bond donors (Lipinski definition) is 0. The van der Waals surface area contributed by atoms with E-state index in [-0.39, 0.29) is 23.3 Å². The summed E-state index contributed by atoms with van der Waals surface area (Å²) in [5, 5.41) is 35.0. The quantitative estimate of drug-likeness (QED) is 0.0242. The van der Waals surface area contributed by atoms with Crippen molar-refractivity contribution in [3.63, 3.8) is 0 Å². The number of rotatable bonds is 30. The van der Waals surface area contributed by atoms with Gasteiger partial charge in [-0.3, -0.25) is 4.79 Å². The number of ether oxygens (including phenoxy) is 2. The minimum Gasteiger partial charge on any atom is -0.461 e. The van der Waals surface area contributed by atoms with E-state index in [0.29, 0.717) is 36.9 Å². The lowest BCUT2D eigenvalue weighted by Gasteiger charge is -2.33. The average molecular weight is 963 g/mol. The van der Waals surface area contributed by atoms with Crippen LogP contribution < -0.4 is 4.74 Å². The smallest absolute Gasteiger partial charge is 0.354 e. The Labute approximate surface area is 416 Å². The van der Waals surface area contributed by atoms with Crippen LogP contribution in [0.25, 0.3) is 53.4 Å². The van der Waals surface area contributed by atoms with Gasteiger partial charge < -0.3 is 9.47 Å². The Morgan fingerprint density at radius 2 is 1.07 bits per heavy atom. The molecule has 0 radical (unpaired) electrons. The number of hydrogen-bond acceptors (Lipinski definition) is 13. The summed E-state index contributed by atoms with van der Waals surface area (Å²) in [6.45, 7) is 20.1. The van der Waals surface area contributed by atoms with E-state index in [4.69, 9.17) is 9.47 Å². The van der Waals surface area contributed by atoms with E-state index < -0.39 is 6.10 Å². The first-order valence-electron chi connectivity index (χ1n) is 24.8. The molecule has 0 amide bonds. The topological polar surface area (TPSA) is 139 Å². The fourth-order valence-electron chi connectivity index (χ4n) is 9.15. The van der Waals surface area contributed by atoms with Crippen molar-refractivity contribution >= 4 is 28.6 Å². The number of benzene rings is 2. The van der Waals surface area contributed by atoms with Crippen LogP contribution in [0.4, 0.5) is 0 Å². The van der Waals surface area contributed by atoms with Crippen molar-refractivity contribution in [1.29, 1.82) is 0 Å². The lowest BCUT2D eigenvalue weighted by molar-refractivity contribution is -0.145. The van der Waals surface area contributed by atoms with E-state index in [2.05, 4.69) is 142 Å². The molecule has 0 N–H and O–H groups in total. The normalized spacial score (nSPS) is 12.5. The number of nitrogens with zero attached hydrogens (tertiary/aromatic N) is 8. The molecule has 69 heavy (non-hydrogen) atoms. The minimum atomic E-state index is -0.415. The highest BCUT2D eigenvalue weighted by Crippen LogP contribution is 2.56. The van der Waals surface area contributed by atoms with Crippen LogP contribution >= 0.6 is 22.7 Å². The molecule has 0 aliphatic heterocycles. The van der Waals surface area contributed by atoms with Gasteiger partial charge in [0.05, 0.1) is 16.4 Å². The van der Waals surface area contributed by atoms with Crippen LogP contribution in [0.2, 0.25) is 0 Å². The molecule has 0 fully saturated rings. The summed E-state index contributed by atoms with van der Waals surface area (Å²) in [5.74, 6) is 1.47. The van der Waals surface area contributed by atoms with E-state index >= 15 is 0 Å². The number of aromatic nitrogens is 8. The van der Waals surface area contributed by atoms with E-state index in [1.165, 1.54) is 76.8 Å². The fourth-order valence-corrected chi connectivity index (χ4v) is 11.0. The van der Waals surface area contributed by atoms with Crippen LogP contribution in [0.5, 0.6) is 6.01 Å². The third-order valence-electron chi connectivity index (χ3n) is 13.0. The van der Waals surface area contributed by atoms with Crippen LogP contribution in [-0.2, 0) is 21.4 Å². The van der Waals surface area contributed by atoms with Gasteiger partial charge in [-0.2, -0.15) is 0 Å². The predicted molar refractivity (Wildman–Crippen MR) is 281 cm³/mol. The van der Waals surface area contributed by atoms with Gasteiger partial charge in [0.2, 0.25) is 11.6 Å². The number of carbonyl (C=O) groups excluding carboxylic acids is 1. The summed E-state index contributed by atoms with van der Waals surface area (Å²) in [5.41, 5.74) is 7.84. The van der Waals surface area contributed by atoms with Crippen LogP contribution in [-0.4, -0.2) is 59.5 Å². The molecule has 4 heterocycles. The summed E-state index contributed by atoms with van der Waals surface area (Å²) >= 11 is 3.34. The molecular formula is C56H66N8O3S2. The van der Waals surface area contributed by atoms with E-state index in [9.17, 15) is 4.79 Å². The highest BCUT2D eigenvalue weighted by Gasteiger charge is 2.42. The summed E-state index contributed by atoms with van der Waals surface area (Å²) in [7, 11) is 0. The standard InChI is InChI=1S/C56H66N8O3S2/c1-7-13-21-33-56(34-22-14-8-2)45-37-40(47-29-31-49(68-47)53-59-57-51(58-60-53)36-39(9-3)10-4)25-27-43(45)44-28-26-41(38-46(44)56)48-30-32-50(69-48)54-61-63-55(64-62-54)66-35-23-19-17-15-16-18-20-24-52(65)67-42(11-5)12-6/h9-12,25-32,37-39,42H,3-8,13-24,33-36H2,1-2H3. The van der Waals surface area contributed by atoms with Gasteiger partial charge in [-0.15, -0.1) is 66.4 Å². The molecule has 0 saturated carbocycles. The number of carbonyl (C=O) groups is 1. The molecule has 6 aromatic rings. The minimum absolute atomic E-state index is 0.0779. The highest BCUT2D eigenvalue weighted by molar-refractivity contribution is 7.19. The van der Waals surface area contributed by atoms with E-state index in [1.54, 1.807) is 34.8 Å². The van der Waals surface area contributed by atoms with Crippen molar-refractivity contribution in [2.24, 2.45) is 5.92 Å². The zero-order chi connectivity index (χ0) is 48.4. The molecular weight excluding hydrogens is 897 g/mol. The van der Waals surface area contributed by atoms with Crippen LogP contribution in [0.3, 0.4) is 0 Å². The Morgan fingerprint density at radius 1 is 0.580 bits per heavy atom. The Balaban J connectivity index is 1.01. The Morgan fingerprint density at radius 3 is 1.58 bits per heavy atom. The van der Waals surface area contributed by atoms with Crippen LogP contribution in [0.15, 0.2) is 111 Å². The van der Waals surface area contributed by atoms with Gasteiger partial charge >= 0.3 is 12.0 Å². The maximum atomic E-state index is 11.9. The summed E-state index contributed by atoms with van der Waals surface area (Å²) in [6.07, 6.45) is 23.8. The predicted octanol–water partition coefficient (Wildman–Crippen LogP) is 14.4. The Hall–Kier alpha value is -6.05. The second-order valence-electron chi connectivity index (χ2n) is 17.8. The van der Waals surface area contributed by atoms with Gasteiger partial charge in [0.1, 0.15) is 6.10 Å². The van der Waals surface area contributed by atoms with Crippen LogP contribution in [0.1, 0.15) is 134 Å². The van der Waals surface area contributed by atoms with Crippen molar-refractivity contribution in [2.45, 2.75) is 135 Å². The molecule has 7 rings (SSSR count). The zero-order valence-corrected chi connectivity index (χ0v) is 42.0. The monoisotopic (exact) mass is 962 g/mol. The summed E-state index contributed by atoms with van der Waals surface area (Å²) in [4.78, 5) is 16.1. The number of unbranched alkanes of at least 4 members (excludes halogenated alkanes) is 10. The molecule has 11 nitrogen and oxygen atoms in total. The Kier molecular flexibility index (Phi) is 18.8. The SMILES string of the molecule is C=CC(C=C)Cc1nnc(-c2ccc(-c3ccc4c(c3)C(CCCCC)(CCCCC)c3cc(-c5ccc(-c6nnc(OCCCCCCCCCC(=O)OC(C=C)C=C)nn6)s5)ccc3-4)s2)nn1. The second-order valence-corrected chi connectivity index (χ2v) is 20.0. The number of thiophene rings is 2. The maximum Gasteiger partial charge on any atom is 0.354 e. The average Bonchev–Trinajstić information content (AvgIpc) is 4.14. The second kappa shape index (κ2) is 25.5. The third kappa shape index (κ3) is 13.0. The largest absolute Gasteiger partial charge is 0.461 e. The molecule has 360 valence electrons. The molecule has 0 saturated heterocycles. The first-order valence-corrected chi connectivity index (χ1v) is 26.4. The first-order chi connectivity index (χ1) is 33.8. The van der Waals surface area contributed by atoms with Crippen molar-refractivity contribution in [3.8, 4) is 59.4 Å². The lowest BCUT2D eigenvalue weighted by atomic mass is 9.70. The molecule has 13 heteroatoms.